The summed E-state index contributed by atoms with van der Waals surface area (Å²) in [6, 6.07) is -1.38. The largest absolute Gasteiger partial charge is 0.480 e. The first-order chi connectivity index (χ1) is 23.3. The maximum atomic E-state index is 12.6. The molecule has 4 N–H and O–H groups in total. The maximum absolute atomic E-state index is 12.6. The van der Waals surface area contributed by atoms with Crippen LogP contribution in [-0.2, 0) is 23.9 Å². The van der Waals surface area contributed by atoms with Crippen LogP contribution in [0.1, 0.15) is 187 Å². The van der Waals surface area contributed by atoms with Crippen LogP contribution in [0.25, 0.3) is 0 Å². The number of hydrogen-bond acceptors (Lipinski definition) is 6. The number of allylic oxidation sites excluding steroid dienone is 2. The van der Waals surface area contributed by atoms with Crippen LogP contribution in [0.5, 0.6) is 0 Å². The van der Waals surface area contributed by atoms with Crippen LogP contribution >= 0.6 is 0 Å². The summed E-state index contributed by atoms with van der Waals surface area (Å²) in [7, 11) is 0. The molecule has 2 atom stereocenters. The van der Waals surface area contributed by atoms with Crippen LogP contribution in [0.4, 0.5) is 0 Å². The predicted molar refractivity (Wildman–Crippen MR) is 195 cm³/mol. The van der Waals surface area contributed by atoms with Crippen molar-refractivity contribution in [2.24, 2.45) is 0 Å². The first-order valence-electron chi connectivity index (χ1n) is 19.6. The van der Waals surface area contributed by atoms with Crippen molar-refractivity contribution < 1.29 is 34.1 Å². The zero-order valence-electron chi connectivity index (χ0n) is 30.8. The standard InChI is InChI=1S/C39H72N2O7/c1-3-5-7-9-11-12-13-14-15-16-17-18-23-27-31-38(45)48-34(28-24-20-10-8-6-4-2)29-25-21-19-22-26-30-36(43)40-32-37(44)41-35(33-42)39(46)47/h13-14,34-35,42H,3-12,15-33H2,1-2H3,(H,40,43)(H,41,44)(H,46,47)/b14-13-. The maximum Gasteiger partial charge on any atom is 0.328 e. The van der Waals surface area contributed by atoms with Gasteiger partial charge in [-0.1, -0.05) is 122 Å². The number of esters is 1. The van der Waals surface area contributed by atoms with E-state index in [9.17, 15) is 19.2 Å². The van der Waals surface area contributed by atoms with Gasteiger partial charge in [0.25, 0.3) is 0 Å². The Morgan fingerprint density at radius 1 is 0.604 bits per heavy atom. The van der Waals surface area contributed by atoms with E-state index in [0.29, 0.717) is 19.3 Å². The van der Waals surface area contributed by atoms with Crippen LogP contribution in [0.2, 0.25) is 0 Å². The number of ether oxygens (including phenoxy) is 1. The van der Waals surface area contributed by atoms with Crippen molar-refractivity contribution in [2.45, 2.75) is 199 Å². The molecule has 0 rings (SSSR count). The highest BCUT2D eigenvalue weighted by Gasteiger charge is 2.19. The van der Waals surface area contributed by atoms with Gasteiger partial charge in [-0.2, -0.15) is 0 Å². The van der Waals surface area contributed by atoms with Crippen LogP contribution < -0.4 is 10.6 Å². The molecule has 2 amide bonds. The zero-order chi connectivity index (χ0) is 35.5. The Kier molecular flexibility index (Phi) is 32.7. The second kappa shape index (κ2) is 34.4. The van der Waals surface area contributed by atoms with Crippen molar-refractivity contribution >= 4 is 23.8 Å². The van der Waals surface area contributed by atoms with Crippen molar-refractivity contribution in [3.05, 3.63) is 12.2 Å². The molecule has 0 aromatic heterocycles. The molecule has 0 saturated carbocycles. The van der Waals surface area contributed by atoms with E-state index in [0.717, 1.165) is 64.2 Å². The highest BCUT2D eigenvalue weighted by Crippen LogP contribution is 2.18. The predicted octanol–water partition coefficient (Wildman–Crippen LogP) is 8.70. The van der Waals surface area contributed by atoms with E-state index in [1.807, 2.05) is 0 Å². The molecule has 0 aromatic carbocycles. The van der Waals surface area contributed by atoms with Crippen molar-refractivity contribution in [3.8, 4) is 0 Å². The number of carboxylic acids is 1. The Bertz CT molecular complexity index is 833. The van der Waals surface area contributed by atoms with Gasteiger partial charge in [-0.15, -0.1) is 0 Å². The summed E-state index contributed by atoms with van der Waals surface area (Å²) in [4.78, 5) is 47.3. The molecule has 48 heavy (non-hydrogen) atoms. The van der Waals surface area contributed by atoms with Gasteiger partial charge in [-0.3, -0.25) is 14.4 Å². The Labute approximate surface area is 292 Å². The minimum atomic E-state index is -1.38. The van der Waals surface area contributed by atoms with Crippen LogP contribution in [-0.4, -0.2) is 59.3 Å². The fourth-order valence-corrected chi connectivity index (χ4v) is 5.71. The van der Waals surface area contributed by atoms with E-state index in [-0.39, 0.29) is 24.5 Å². The summed E-state index contributed by atoms with van der Waals surface area (Å²) in [6.45, 7) is 3.44. The molecule has 0 fully saturated rings. The molecule has 0 aliphatic heterocycles. The molecule has 2 unspecified atom stereocenters. The quantitative estimate of drug-likeness (QED) is 0.0298. The van der Waals surface area contributed by atoms with Crippen molar-refractivity contribution in [2.75, 3.05) is 13.2 Å². The molecule has 280 valence electrons. The third kappa shape index (κ3) is 30.9. The van der Waals surface area contributed by atoms with Crippen LogP contribution in [0, 0.1) is 0 Å². The summed E-state index contributed by atoms with van der Waals surface area (Å²) in [5, 5.41) is 22.5. The monoisotopic (exact) mass is 681 g/mol. The third-order valence-electron chi connectivity index (χ3n) is 8.76. The molecule has 9 nitrogen and oxygen atoms in total. The number of unbranched alkanes of at least 4 members (excludes halogenated alkanes) is 19. The number of carbonyl (C=O) groups excluding carboxylic acids is 3. The normalized spacial score (nSPS) is 12.6. The Hall–Kier alpha value is -2.42. The lowest BCUT2D eigenvalue weighted by Gasteiger charge is -2.18. The Balaban J connectivity index is 4.14. The summed E-state index contributed by atoms with van der Waals surface area (Å²) in [6.07, 6.45) is 33.9. The number of hydrogen-bond donors (Lipinski definition) is 4. The molecule has 0 aliphatic carbocycles. The first-order valence-corrected chi connectivity index (χ1v) is 19.6. The Morgan fingerprint density at radius 2 is 1.06 bits per heavy atom. The van der Waals surface area contributed by atoms with Gasteiger partial charge in [-0.25, -0.2) is 4.79 Å². The van der Waals surface area contributed by atoms with Gasteiger partial charge in [-0.05, 0) is 64.2 Å². The first kappa shape index (κ1) is 45.6. The van der Waals surface area contributed by atoms with E-state index in [1.165, 1.54) is 89.9 Å². The number of amides is 2. The second-order valence-corrected chi connectivity index (χ2v) is 13.4. The van der Waals surface area contributed by atoms with E-state index < -0.39 is 24.5 Å². The van der Waals surface area contributed by atoms with E-state index in [2.05, 4.69) is 36.6 Å². The summed E-state index contributed by atoms with van der Waals surface area (Å²) in [5.74, 6) is -2.30. The molecule has 0 bridgehead atoms. The molecular weight excluding hydrogens is 608 g/mol. The Morgan fingerprint density at radius 3 is 1.56 bits per heavy atom. The molecular formula is C39H72N2O7. The summed E-state index contributed by atoms with van der Waals surface area (Å²) < 4.78 is 5.96. The van der Waals surface area contributed by atoms with Gasteiger partial charge >= 0.3 is 11.9 Å². The molecule has 0 saturated heterocycles. The lowest BCUT2D eigenvalue weighted by molar-refractivity contribution is -0.150. The average molecular weight is 681 g/mol. The van der Waals surface area contributed by atoms with Crippen molar-refractivity contribution in [1.82, 2.24) is 10.6 Å². The van der Waals surface area contributed by atoms with Gasteiger partial charge in [0.05, 0.1) is 13.2 Å². The fraction of sp³-hybridized carbons (Fsp3) is 0.846. The highest BCUT2D eigenvalue weighted by atomic mass is 16.5. The number of aliphatic hydroxyl groups excluding tert-OH is 1. The van der Waals surface area contributed by atoms with Gasteiger partial charge in [0.15, 0.2) is 0 Å². The summed E-state index contributed by atoms with van der Waals surface area (Å²) >= 11 is 0. The minimum absolute atomic E-state index is 0.00871. The number of aliphatic hydroxyl groups is 1. The number of rotatable bonds is 35. The van der Waals surface area contributed by atoms with Gasteiger partial charge in [0.2, 0.25) is 11.8 Å². The molecule has 0 heterocycles. The van der Waals surface area contributed by atoms with Crippen LogP contribution in [0.3, 0.4) is 0 Å². The van der Waals surface area contributed by atoms with E-state index in [1.54, 1.807) is 0 Å². The average Bonchev–Trinajstić information content (AvgIpc) is 3.07. The lowest BCUT2D eigenvalue weighted by atomic mass is 10.0. The minimum Gasteiger partial charge on any atom is -0.480 e. The smallest absolute Gasteiger partial charge is 0.328 e. The molecule has 0 aromatic rings. The van der Waals surface area contributed by atoms with Gasteiger partial charge in [0, 0.05) is 12.8 Å². The number of carboxylic acid groups (broad SMARTS) is 1. The lowest BCUT2D eigenvalue weighted by Crippen LogP contribution is -2.47. The van der Waals surface area contributed by atoms with E-state index in [4.69, 9.17) is 14.9 Å². The SMILES string of the molecule is CCCCCCC/C=C\CCCCCCCC(=O)OC(CCCCCCCC)CCCCCCCC(=O)NCC(=O)NC(CO)C(=O)O. The second-order valence-electron chi connectivity index (χ2n) is 13.4. The molecule has 0 spiro atoms. The topological polar surface area (TPSA) is 142 Å². The van der Waals surface area contributed by atoms with Gasteiger partial charge in [0.1, 0.15) is 12.1 Å². The van der Waals surface area contributed by atoms with E-state index >= 15 is 0 Å². The highest BCUT2D eigenvalue weighted by molar-refractivity contribution is 5.87. The van der Waals surface area contributed by atoms with Crippen molar-refractivity contribution in [3.63, 3.8) is 0 Å². The summed E-state index contributed by atoms with van der Waals surface area (Å²) in [5.41, 5.74) is 0. The molecule has 9 heteroatoms. The van der Waals surface area contributed by atoms with Crippen molar-refractivity contribution in [1.29, 1.82) is 0 Å². The number of aliphatic carboxylic acids is 1. The number of nitrogens with one attached hydrogen (secondary N) is 2. The number of carbonyl (C=O) groups is 4. The van der Waals surface area contributed by atoms with Crippen LogP contribution in [0.15, 0.2) is 12.2 Å². The third-order valence-corrected chi connectivity index (χ3v) is 8.76. The van der Waals surface area contributed by atoms with Gasteiger partial charge < -0.3 is 25.6 Å². The zero-order valence-corrected chi connectivity index (χ0v) is 30.8. The fourth-order valence-electron chi connectivity index (χ4n) is 5.71. The molecule has 0 radical (unpaired) electrons. The molecule has 0 aliphatic rings.